The molecule has 0 unspecified atom stereocenters. The van der Waals surface area contributed by atoms with Crippen molar-refractivity contribution in [2.75, 3.05) is 18.6 Å². The largest absolute Gasteiger partial charge is 0.493 e. The van der Waals surface area contributed by atoms with Crippen molar-refractivity contribution in [2.45, 2.75) is 9.48 Å². The van der Waals surface area contributed by atoms with Crippen LogP contribution in [0, 0.1) is 10.1 Å². The molecule has 1 heterocycles. The van der Waals surface area contributed by atoms with Gasteiger partial charge >= 0.3 is 15.8 Å². The van der Waals surface area contributed by atoms with Gasteiger partial charge in [0, 0.05) is 22.6 Å². The first-order valence-electron chi connectivity index (χ1n) is 7.61. The van der Waals surface area contributed by atoms with Crippen molar-refractivity contribution in [1.29, 1.82) is 0 Å². The molecule has 0 radical (unpaired) electrons. The number of benzene rings is 2. The second-order valence-corrected chi connectivity index (χ2v) is 10.1. The Labute approximate surface area is 169 Å². The summed E-state index contributed by atoms with van der Waals surface area (Å²) in [5, 5.41) is 11.9. The quantitative estimate of drug-likeness (QED) is 0.362. The molecule has 1 saturated heterocycles. The van der Waals surface area contributed by atoms with E-state index in [2.05, 4.69) is 0 Å². The Bertz CT molecular complexity index is 959. The Kier molecular flexibility index (Phi) is 6.09. The second-order valence-electron chi connectivity index (χ2n) is 5.39. The molecule has 0 amide bonds. The minimum Gasteiger partial charge on any atom is -0.493 e. The van der Waals surface area contributed by atoms with Crippen LogP contribution >= 0.6 is 35.1 Å². The van der Waals surface area contributed by atoms with Gasteiger partial charge in [-0.05, 0) is 35.9 Å². The summed E-state index contributed by atoms with van der Waals surface area (Å²) in [6.07, 6.45) is 0. The van der Waals surface area contributed by atoms with Crippen LogP contribution in [0.2, 0.25) is 5.02 Å². The van der Waals surface area contributed by atoms with Crippen LogP contribution in [0.25, 0.3) is 0 Å². The van der Waals surface area contributed by atoms with Gasteiger partial charge in [-0.15, -0.1) is 23.5 Å². The topological polar surface area (TPSA) is 95.7 Å². The van der Waals surface area contributed by atoms with Crippen LogP contribution < -0.4 is 8.92 Å². The first-order valence-corrected chi connectivity index (χ1v) is 11.5. The lowest BCUT2D eigenvalue weighted by molar-refractivity contribution is -0.385. The van der Waals surface area contributed by atoms with Gasteiger partial charge in [0.2, 0.25) is 0 Å². The van der Waals surface area contributed by atoms with Crippen LogP contribution in [0.3, 0.4) is 0 Å². The molecule has 11 heteroatoms. The molecule has 0 spiro atoms. The van der Waals surface area contributed by atoms with Crippen LogP contribution in [0.1, 0.15) is 10.1 Å². The fourth-order valence-electron chi connectivity index (χ4n) is 2.43. The SMILES string of the molecule is COc1cc(C2SCCS2)cc([N+](=O)[O-])c1OS(=O)(=O)c1ccc(Cl)cc1. The van der Waals surface area contributed by atoms with Gasteiger partial charge in [0.15, 0.2) is 5.75 Å². The van der Waals surface area contributed by atoms with Gasteiger partial charge in [-0.25, -0.2) is 0 Å². The van der Waals surface area contributed by atoms with Gasteiger partial charge in [0.05, 0.1) is 16.6 Å². The van der Waals surface area contributed by atoms with E-state index in [9.17, 15) is 18.5 Å². The summed E-state index contributed by atoms with van der Waals surface area (Å²) in [6.45, 7) is 0. The summed E-state index contributed by atoms with van der Waals surface area (Å²) in [6, 6.07) is 8.22. The second kappa shape index (κ2) is 8.17. The molecule has 1 aliphatic heterocycles. The summed E-state index contributed by atoms with van der Waals surface area (Å²) in [5.74, 6) is 1.42. The molecule has 3 rings (SSSR count). The number of hydrogen-bond donors (Lipinski definition) is 0. The number of nitrogens with zero attached hydrogens (tertiary/aromatic N) is 1. The van der Waals surface area contributed by atoms with Gasteiger partial charge in [-0.3, -0.25) is 10.1 Å². The zero-order valence-corrected chi connectivity index (χ0v) is 17.2. The molecular formula is C16H14ClNO6S3. The van der Waals surface area contributed by atoms with Crippen molar-refractivity contribution in [3.05, 3.63) is 57.1 Å². The zero-order chi connectivity index (χ0) is 19.6. The van der Waals surface area contributed by atoms with Gasteiger partial charge in [0.1, 0.15) is 4.90 Å². The van der Waals surface area contributed by atoms with Crippen molar-refractivity contribution < 1.29 is 22.3 Å². The highest BCUT2D eigenvalue weighted by atomic mass is 35.5. The van der Waals surface area contributed by atoms with Crippen molar-refractivity contribution in [3.63, 3.8) is 0 Å². The van der Waals surface area contributed by atoms with Crippen LogP contribution in [0.5, 0.6) is 11.5 Å². The molecule has 1 fully saturated rings. The lowest BCUT2D eigenvalue weighted by Crippen LogP contribution is -2.12. The Hall–Kier alpha value is -1.62. The van der Waals surface area contributed by atoms with E-state index in [1.165, 1.54) is 37.4 Å². The number of halogens is 1. The standard InChI is InChI=1S/C16H14ClNO6S3/c1-23-14-9-10(16-25-6-7-26-16)8-13(18(19)20)15(14)24-27(21,22)12-4-2-11(17)3-5-12/h2-5,8-9,16H,6-7H2,1H3. The van der Waals surface area contributed by atoms with Crippen LogP contribution in [-0.2, 0) is 10.1 Å². The molecule has 0 aliphatic carbocycles. The summed E-state index contributed by atoms with van der Waals surface area (Å²) in [5.41, 5.74) is 0.220. The summed E-state index contributed by atoms with van der Waals surface area (Å²) in [7, 11) is -3.00. The summed E-state index contributed by atoms with van der Waals surface area (Å²) in [4.78, 5) is 10.7. The Balaban J connectivity index is 2.05. The minimum absolute atomic E-state index is 0.00941. The number of hydrogen-bond acceptors (Lipinski definition) is 8. The van der Waals surface area contributed by atoms with E-state index >= 15 is 0 Å². The number of nitro benzene ring substituents is 1. The number of ether oxygens (including phenoxy) is 1. The molecular weight excluding hydrogens is 434 g/mol. The highest BCUT2D eigenvalue weighted by molar-refractivity contribution is 8.19. The monoisotopic (exact) mass is 447 g/mol. The first kappa shape index (κ1) is 20.1. The fourth-order valence-corrected chi connectivity index (χ4v) is 6.32. The third-order valence-electron chi connectivity index (χ3n) is 3.66. The van der Waals surface area contributed by atoms with E-state index in [1.54, 1.807) is 29.6 Å². The maximum Gasteiger partial charge on any atom is 0.339 e. The molecule has 0 bridgehead atoms. The number of thioether (sulfide) groups is 2. The van der Waals surface area contributed by atoms with Crippen LogP contribution in [-0.4, -0.2) is 32.0 Å². The number of methoxy groups -OCH3 is 1. The molecule has 0 saturated carbocycles. The molecule has 0 N–H and O–H groups in total. The summed E-state index contributed by atoms with van der Waals surface area (Å²) < 4.78 is 35.4. The van der Waals surface area contributed by atoms with Gasteiger partial charge in [-0.1, -0.05) is 11.6 Å². The van der Waals surface area contributed by atoms with Crippen molar-refractivity contribution in [3.8, 4) is 11.5 Å². The van der Waals surface area contributed by atoms with E-state index in [4.69, 9.17) is 20.5 Å². The Morgan fingerprint density at radius 1 is 1.19 bits per heavy atom. The zero-order valence-electron chi connectivity index (χ0n) is 14.0. The normalized spacial score (nSPS) is 14.9. The van der Waals surface area contributed by atoms with Gasteiger partial charge < -0.3 is 8.92 Å². The van der Waals surface area contributed by atoms with E-state index in [1.807, 2.05) is 0 Å². The molecule has 7 nitrogen and oxygen atoms in total. The first-order chi connectivity index (χ1) is 12.8. The molecule has 27 heavy (non-hydrogen) atoms. The highest BCUT2D eigenvalue weighted by Crippen LogP contribution is 2.49. The molecule has 144 valence electrons. The fraction of sp³-hybridized carbons (Fsp3) is 0.250. The van der Waals surface area contributed by atoms with Crippen molar-refractivity contribution in [1.82, 2.24) is 0 Å². The minimum atomic E-state index is -4.30. The summed E-state index contributed by atoms with van der Waals surface area (Å²) >= 11 is 9.10. The Morgan fingerprint density at radius 3 is 2.37 bits per heavy atom. The molecule has 0 atom stereocenters. The molecule has 1 aliphatic rings. The maximum absolute atomic E-state index is 12.5. The molecule has 2 aromatic carbocycles. The predicted octanol–water partition coefficient (Wildman–Crippen LogP) is 4.50. The average molecular weight is 448 g/mol. The van der Waals surface area contributed by atoms with Crippen LogP contribution in [0.4, 0.5) is 5.69 Å². The van der Waals surface area contributed by atoms with Crippen molar-refractivity contribution >= 4 is 50.9 Å². The van der Waals surface area contributed by atoms with E-state index in [-0.39, 0.29) is 15.2 Å². The average Bonchev–Trinajstić information content (AvgIpc) is 3.16. The molecule has 2 aromatic rings. The lowest BCUT2D eigenvalue weighted by Gasteiger charge is -2.15. The smallest absolute Gasteiger partial charge is 0.339 e. The van der Waals surface area contributed by atoms with E-state index in [0.717, 1.165) is 11.5 Å². The number of nitro groups is 1. The highest BCUT2D eigenvalue weighted by Gasteiger charge is 2.31. The third-order valence-corrected chi connectivity index (χ3v) is 8.26. The van der Waals surface area contributed by atoms with Crippen LogP contribution in [0.15, 0.2) is 41.3 Å². The molecule has 0 aromatic heterocycles. The maximum atomic E-state index is 12.5. The van der Waals surface area contributed by atoms with Gasteiger partial charge in [0.25, 0.3) is 5.75 Å². The lowest BCUT2D eigenvalue weighted by atomic mass is 10.2. The van der Waals surface area contributed by atoms with E-state index in [0.29, 0.717) is 10.6 Å². The predicted molar refractivity (Wildman–Crippen MR) is 107 cm³/mol. The Morgan fingerprint density at radius 2 is 1.81 bits per heavy atom. The number of rotatable bonds is 6. The van der Waals surface area contributed by atoms with Gasteiger partial charge in [-0.2, -0.15) is 8.42 Å². The van der Waals surface area contributed by atoms with E-state index < -0.39 is 26.5 Å². The third kappa shape index (κ3) is 4.45. The van der Waals surface area contributed by atoms with Crippen molar-refractivity contribution in [2.24, 2.45) is 0 Å².